The molecule has 31 heavy (non-hydrogen) atoms. The highest BCUT2D eigenvalue weighted by Gasteiger charge is 2.30. The van der Waals surface area contributed by atoms with Gasteiger partial charge in [0.25, 0.3) is 0 Å². The van der Waals surface area contributed by atoms with E-state index in [-0.39, 0.29) is 16.4 Å². The second-order valence-electron chi connectivity index (χ2n) is 6.78. The first-order valence-corrected chi connectivity index (χ1v) is 10.7. The molecule has 0 saturated carbocycles. The van der Waals surface area contributed by atoms with Crippen LogP contribution in [-0.4, -0.2) is 31.6 Å². The van der Waals surface area contributed by atoms with Crippen LogP contribution in [-0.2, 0) is 34.1 Å². The predicted molar refractivity (Wildman–Crippen MR) is 105 cm³/mol. The smallest absolute Gasteiger partial charge is 0.416 e. The van der Waals surface area contributed by atoms with Crippen LogP contribution in [0.1, 0.15) is 11.4 Å². The monoisotopic (exact) mass is 453 g/mol. The molecule has 1 N–H and O–H groups in total. The molecule has 7 nitrogen and oxygen atoms in total. The van der Waals surface area contributed by atoms with Crippen molar-refractivity contribution in [3.63, 3.8) is 0 Å². The van der Waals surface area contributed by atoms with Crippen LogP contribution >= 0.6 is 0 Å². The van der Waals surface area contributed by atoms with E-state index in [1.165, 1.54) is 37.4 Å². The van der Waals surface area contributed by atoms with Gasteiger partial charge in [-0.05, 0) is 49.5 Å². The van der Waals surface area contributed by atoms with E-state index in [1.807, 2.05) is 4.57 Å². The van der Waals surface area contributed by atoms with Gasteiger partial charge in [-0.2, -0.15) is 13.2 Å². The summed E-state index contributed by atoms with van der Waals surface area (Å²) in [5, 5.41) is 0. The van der Waals surface area contributed by atoms with Gasteiger partial charge in [0.15, 0.2) is 0 Å². The summed E-state index contributed by atoms with van der Waals surface area (Å²) in [7, 11) is -2.43. The normalized spacial score (nSPS) is 14.3. The van der Waals surface area contributed by atoms with E-state index in [1.54, 1.807) is 6.20 Å². The molecule has 2 aromatic carbocycles. The number of rotatable bonds is 5. The predicted octanol–water partition coefficient (Wildman–Crippen LogP) is 3.80. The Morgan fingerprint density at radius 3 is 2.55 bits per heavy atom. The number of nitrogens with one attached hydrogen (secondary N) is 1. The zero-order valence-electron chi connectivity index (χ0n) is 16.3. The Morgan fingerprint density at radius 1 is 1.16 bits per heavy atom. The lowest BCUT2D eigenvalue weighted by Gasteiger charge is -2.13. The number of aromatic nitrogens is 2. The highest BCUT2D eigenvalue weighted by Crippen LogP contribution is 2.36. The second kappa shape index (κ2) is 7.98. The summed E-state index contributed by atoms with van der Waals surface area (Å²) in [6.45, 7) is 1.46. The lowest BCUT2D eigenvalue weighted by molar-refractivity contribution is -0.137. The minimum absolute atomic E-state index is 0.00647. The Bertz CT molecular complexity index is 1180. The molecule has 0 unspecified atom stereocenters. The van der Waals surface area contributed by atoms with Gasteiger partial charge in [-0.25, -0.2) is 18.1 Å². The molecule has 3 aromatic rings. The molecule has 0 radical (unpaired) electrons. The molecule has 0 fully saturated rings. The summed E-state index contributed by atoms with van der Waals surface area (Å²) in [6.07, 6.45) is -2.69. The molecule has 0 aliphatic carbocycles. The molecule has 0 spiro atoms. The number of sulfonamides is 1. The highest BCUT2D eigenvalue weighted by molar-refractivity contribution is 7.89. The first kappa shape index (κ1) is 21.3. The average molecular weight is 453 g/mol. The third-order valence-corrected chi connectivity index (χ3v) is 6.19. The SMILES string of the molecule is CNS(=O)(=O)c1ccc(Oc2ccc(C(F)(F)F)cc2)c(-c2cn3c(n2)COCC3)c1. The van der Waals surface area contributed by atoms with Crippen molar-refractivity contribution in [3.05, 3.63) is 60.0 Å². The van der Waals surface area contributed by atoms with Crippen molar-refractivity contribution in [1.29, 1.82) is 0 Å². The standard InChI is InChI=1S/C20H18F3N3O4S/c1-24-31(27,28)15-6-7-18(30-14-4-2-13(3-5-14)20(21,22)23)16(10-15)17-11-26-8-9-29-12-19(26)25-17/h2-7,10-11,24H,8-9,12H2,1H3. The number of halogens is 3. The minimum atomic E-state index is -4.45. The fraction of sp³-hybridized carbons (Fsp3) is 0.250. The number of nitrogens with zero attached hydrogens (tertiary/aromatic N) is 2. The van der Waals surface area contributed by atoms with E-state index in [0.29, 0.717) is 36.8 Å². The maximum atomic E-state index is 12.8. The topological polar surface area (TPSA) is 82.5 Å². The molecule has 0 amide bonds. The number of benzene rings is 2. The number of fused-ring (bicyclic) bond motifs is 1. The zero-order chi connectivity index (χ0) is 22.2. The Hall–Kier alpha value is -2.89. The summed E-state index contributed by atoms with van der Waals surface area (Å²) in [6, 6.07) is 8.47. The lowest BCUT2D eigenvalue weighted by atomic mass is 10.1. The highest BCUT2D eigenvalue weighted by atomic mass is 32.2. The lowest BCUT2D eigenvalue weighted by Crippen LogP contribution is -2.18. The van der Waals surface area contributed by atoms with Gasteiger partial charge in [-0.3, -0.25) is 0 Å². The number of alkyl halides is 3. The molecule has 1 aliphatic heterocycles. The number of hydrogen-bond acceptors (Lipinski definition) is 5. The van der Waals surface area contributed by atoms with E-state index in [2.05, 4.69) is 9.71 Å². The van der Waals surface area contributed by atoms with E-state index < -0.39 is 21.8 Å². The summed E-state index contributed by atoms with van der Waals surface area (Å²) >= 11 is 0. The molecule has 0 saturated heterocycles. The van der Waals surface area contributed by atoms with Crippen molar-refractivity contribution in [3.8, 4) is 22.8 Å². The van der Waals surface area contributed by atoms with E-state index >= 15 is 0 Å². The Balaban J connectivity index is 1.75. The third kappa shape index (κ3) is 4.43. The van der Waals surface area contributed by atoms with E-state index in [0.717, 1.165) is 12.1 Å². The quantitative estimate of drug-likeness (QED) is 0.636. The molecular formula is C20H18F3N3O4S. The maximum Gasteiger partial charge on any atom is 0.416 e. The van der Waals surface area contributed by atoms with Crippen molar-refractivity contribution in [1.82, 2.24) is 14.3 Å². The van der Waals surface area contributed by atoms with Crippen molar-refractivity contribution in [2.75, 3.05) is 13.7 Å². The summed E-state index contributed by atoms with van der Waals surface area (Å²) < 4.78 is 78.3. The third-order valence-electron chi connectivity index (χ3n) is 4.78. The van der Waals surface area contributed by atoms with Gasteiger partial charge >= 0.3 is 6.18 Å². The fourth-order valence-electron chi connectivity index (χ4n) is 3.14. The first-order valence-electron chi connectivity index (χ1n) is 9.24. The second-order valence-corrected chi connectivity index (χ2v) is 8.66. The van der Waals surface area contributed by atoms with Gasteiger partial charge in [0.1, 0.15) is 23.9 Å². The van der Waals surface area contributed by atoms with Crippen LogP contribution in [0.2, 0.25) is 0 Å². The maximum absolute atomic E-state index is 12.8. The molecule has 0 atom stereocenters. The Labute approximate surface area is 176 Å². The van der Waals surface area contributed by atoms with Crippen LogP contribution in [0, 0.1) is 0 Å². The number of imidazole rings is 1. The van der Waals surface area contributed by atoms with Crippen molar-refractivity contribution >= 4 is 10.0 Å². The van der Waals surface area contributed by atoms with Gasteiger partial charge in [0, 0.05) is 18.3 Å². The molecule has 4 rings (SSSR count). The summed E-state index contributed by atoms with van der Waals surface area (Å²) in [5.74, 6) is 1.11. The van der Waals surface area contributed by atoms with Crippen LogP contribution in [0.3, 0.4) is 0 Å². The van der Waals surface area contributed by atoms with Crippen molar-refractivity contribution < 1.29 is 31.1 Å². The van der Waals surface area contributed by atoms with Gasteiger partial charge < -0.3 is 14.0 Å². The van der Waals surface area contributed by atoms with Gasteiger partial charge in [-0.15, -0.1) is 0 Å². The summed E-state index contributed by atoms with van der Waals surface area (Å²) in [4.78, 5) is 4.52. The van der Waals surface area contributed by atoms with Crippen LogP contribution in [0.4, 0.5) is 13.2 Å². The molecular weight excluding hydrogens is 435 g/mol. The molecule has 1 aliphatic rings. The average Bonchev–Trinajstić information content (AvgIpc) is 3.18. The van der Waals surface area contributed by atoms with Crippen molar-refractivity contribution in [2.24, 2.45) is 0 Å². The van der Waals surface area contributed by atoms with E-state index in [9.17, 15) is 21.6 Å². The number of ether oxygens (including phenoxy) is 2. The summed E-state index contributed by atoms with van der Waals surface area (Å²) in [5.41, 5.74) is 0.0611. The van der Waals surface area contributed by atoms with Crippen LogP contribution in [0.15, 0.2) is 53.6 Å². The molecule has 1 aromatic heterocycles. The number of hydrogen-bond donors (Lipinski definition) is 1. The van der Waals surface area contributed by atoms with E-state index in [4.69, 9.17) is 9.47 Å². The van der Waals surface area contributed by atoms with Gasteiger partial charge in [0.2, 0.25) is 10.0 Å². The Morgan fingerprint density at radius 2 is 1.90 bits per heavy atom. The molecule has 0 bridgehead atoms. The first-order chi connectivity index (χ1) is 14.7. The zero-order valence-corrected chi connectivity index (χ0v) is 17.1. The van der Waals surface area contributed by atoms with Gasteiger partial charge in [0.05, 0.1) is 22.8 Å². The largest absolute Gasteiger partial charge is 0.457 e. The van der Waals surface area contributed by atoms with Crippen LogP contribution in [0.5, 0.6) is 11.5 Å². The molecule has 2 heterocycles. The Kier molecular flexibility index (Phi) is 5.50. The van der Waals surface area contributed by atoms with Crippen LogP contribution < -0.4 is 9.46 Å². The molecule has 11 heteroatoms. The fourth-order valence-corrected chi connectivity index (χ4v) is 3.90. The van der Waals surface area contributed by atoms with Crippen molar-refractivity contribution in [2.45, 2.75) is 24.2 Å². The molecule has 164 valence electrons. The minimum Gasteiger partial charge on any atom is -0.457 e. The van der Waals surface area contributed by atoms with Crippen LogP contribution in [0.25, 0.3) is 11.3 Å². The van der Waals surface area contributed by atoms with Gasteiger partial charge in [-0.1, -0.05) is 0 Å².